The van der Waals surface area contributed by atoms with Crippen LogP contribution in [0.5, 0.6) is 11.5 Å². The monoisotopic (exact) mass is 225 g/mol. The van der Waals surface area contributed by atoms with Crippen LogP contribution in [0, 0.1) is 0 Å². The quantitative estimate of drug-likeness (QED) is 0.605. The lowest BCUT2D eigenvalue weighted by atomic mass is 10.1. The Morgan fingerprint density at radius 1 is 1.40 bits per heavy atom. The van der Waals surface area contributed by atoms with Crippen molar-refractivity contribution >= 4 is 17.2 Å². The Morgan fingerprint density at radius 2 is 2.20 bits per heavy atom. The van der Waals surface area contributed by atoms with E-state index in [1.54, 1.807) is 0 Å². The first-order valence-corrected chi connectivity index (χ1v) is 5.02. The summed E-state index contributed by atoms with van der Waals surface area (Å²) in [7, 11) is 0. The first-order valence-electron chi connectivity index (χ1n) is 4.61. The molecule has 1 aliphatic heterocycles. The average molecular weight is 225 g/mol. The molecule has 0 aliphatic carbocycles. The van der Waals surface area contributed by atoms with E-state index < -0.39 is 0 Å². The minimum atomic E-state index is 0.287. The molecule has 0 radical (unpaired) electrons. The van der Waals surface area contributed by atoms with Gasteiger partial charge in [0.1, 0.15) is 4.99 Å². The standard InChI is InChI=1S/C10H11NO3S/c12-11-10(15)4-2-7-1-3-8-9(5-7)14-6-13-8/h1,3,5,12H,2,4,6H2,(H,11,15). The zero-order chi connectivity index (χ0) is 10.7. The highest BCUT2D eigenvalue weighted by Gasteiger charge is 2.12. The van der Waals surface area contributed by atoms with E-state index in [1.165, 1.54) is 0 Å². The Kier molecular flexibility index (Phi) is 3.03. The fourth-order valence-corrected chi connectivity index (χ4v) is 1.51. The number of hydroxylamine groups is 1. The van der Waals surface area contributed by atoms with Crippen LogP contribution in [0.25, 0.3) is 0 Å². The second kappa shape index (κ2) is 4.46. The highest BCUT2D eigenvalue weighted by molar-refractivity contribution is 7.80. The Hall–Kier alpha value is -1.33. The van der Waals surface area contributed by atoms with E-state index in [0.29, 0.717) is 11.4 Å². The molecule has 4 nitrogen and oxygen atoms in total. The van der Waals surface area contributed by atoms with Crippen LogP contribution in [0.15, 0.2) is 18.2 Å². The molecule has 0 amide bonds. The van der Waals surface area contributed by atoms with Crippen molar-refractivity contribution in [3.63, 3.8) is 0 Å². The maximum Gasteiger partial charge on any atom is 0.231 e. The number of nitrogens with one attached hydrogen (secondary N) is 1. The van der Waals surface area contributed by atoms with E-state index in [9.17, 15) is 0 Å². The maximum absolute atomic E-state index is 8.53. The number of hydrogen-bond donors (Lipinski definition) is 2. The predicted octanol–water partition coefficient (Wildman–Crippen LogP) is 1.65. The summed E-state index contributed by atoms with van der Waals surface area (Å²) in [6.45, 7) is 0.287. The third-order valence-corrected chi connectivity index (χ3v) is 2.50. The minimum Gasteiger partial charge on any atom is -0.454 e. The summed E-state index contributed by atoms with van der Waals surface area (Å²) in [5.41, 5.74) is 3.07. The summed E-state index contributed by atoms with van der Waals surface area (Å²) in [5, 5.41) is 8.53. The van der Waals surface area contributed by atoms with Crippen LogP contribution in [0.3, 0.4) is 0 Å². The fraction of sp³-hybridized carbons (Fsp3) is 0.300. The van der Waals surface area contributed by atoms with Crippen molar-refractivity contribution in [2.24, 2.45) is 0 Å². The number of fused-ring (bicyclic) bond motifs is 1. The Bertz CT molecular complexity index is 381. The Morgan fingerprint density at radius 3 is 3.00 bits per heavy atom. The number of aryl methyl sites for hydroxylation is 1. The van der Waals surface area contributed by atoms with E-state index in [4.69, 9.17) is 26.9 Å². The van der Waals surface area contributed by atoms with Crippen LogP contribution in [-0.2, 0) is 6.42 Å². The molecular formula is C10H11NO3S. The molecule has 0 fully saturated rings. The van der Waals surface area contributed by atoms with Crippen LogP contribution >= 0.6 is 12.2 Å². The summed E-state index contributed by atoms with van der Waals surface area (Å²) in [4.78, 5) is 0.438. The average Bonchev–Trinajstić information content (AvgIpc) is 2.72. The van der Waals surface area contributed by atoms with Gasteiger partial charge in [0.05, 0.1) is 0 Å². The number of ether oxygens (including phenoxy) is 2. The molecule has 5 heteroatoms. The molecule has 0 unspecified atom stereocenters. The second-order valence-corrected chi connectivity index (χ2v) is 3.72. The van der Waals surface area contributed by atoms with Gasteiger partial charge in [-0.1, -0.05) is 18.3 Å². The van der Waals surface area contributed by atoms with E-state index in [-0.39, 0.29) is 6.79 Å². The van der Waals surface area contributed by atoms with Gasteiger partial charge < -0.3 is 9.47 Å². The number of thiocarbonyl (C=S) groups is 1. The van der Waals surface area contributed by atoms with Gasteiger partial charge in [0.2, 0.25) is 6.79 Å². The lowest BCUT2D eigenvalue weighted by molar-refractivity contribution is 0.174. The highest BCUT2D eigenvalue weighted by Crippen LogP contribution is 2.32. The van der Waals surface area contributed by atoms with Gasteiger partial charge in [0.15, 0.2) is 11.5 Å². The van der Waals surface area contributed by atoms with Gasteiger partial charge in [-0.25, -0.2) is 0 Å². The van der Waals surface area contributed by atoms with E-state index >= 15 is 0 Å². The summed E-state index contributed by atoms with van der Waals surface area (Å²) < 4.78 is 10.5. The van der Waals surface area contributed by atoms with Crippen LogP contribution < -0.4 is 15.0 Å². The molecule has 1 aliphatic rings. The van der Waals surface area contributed by atoms with Crippen LogP contribution in [-0.4, -0.2) is 17.0 Å². The SMILES string of the molecule is ONC(=S)CCc1ccc2c(c1)OCO2. The van der Waals surface area contributed by atoms with Crippen molar-refractivity contribution in [3.05, 3.63) is 23.8 Å². The number of benzene rings is 1. The molecule has 0 bridgehead atoms. The maximum atomic E-state index is 8.53. The molecule has 0 saturated carbocycles. The highest BCUT2D eigenvalue weighted by atomic mass is 32.1. The molecule has 15 heavy (non-hydrogen) atoms. The van der Waals surface area contributed by atoms with Crippen molar-refractivity contribution in [2.75, 3.05) is 6.79 Å². The van der Waals surface area contributed by atoms with Crippen molar-refractivity contribution in [2.45, 2.75) is 12.8 Å². The van der Waals surface area contributed by atoms with E-state index in [0.717, 1.165) is 23.5 Å². The molecule has 1 heterocycles. The number of rotatable bonds is 3. The van der Waals surface area contributed by atoms with Crippen LogP contribution in [0.1, 0.15) is 12.0 Å². The van der Waals surface area contributed by atoms with Crippen molar-refractivity contribution in [3.8, 4) is 11.5 Å². The van der Waals surface area contributed by atoms with Gasteiger partial charge in [-0.15, -0.1) is 0 Å². The van der Waals surface area contributed by atoms with Gasteiger partial charge in [-0.3, -0.25) is 10.7 Å². The predicted molar refractivity (Wildman–Crippen MR) is 58.4 cm³/mol. The van der Waals surface area contributed by atoms with Gasteiger partial charge in [-0.2, -0.15) is 0 Å². The molecule has 0 spiro atoms. The third kappa shape index (κ3) is 2.37. The number of hydrogen-bond acceptors (Lipinski definition) is 4. The molecule has 1 aromatic rings. The normalized spacial score (nSPS) is 12.6. The lowest BCUT2D eigenvalue weighted by Crippen LogP contribution is -2.16. The summed E-state index contributed by atoms with van der Waals surface area (Å²) in [6.07, 6.45) is 1.38. The Labute approximate surface area is 92.8 Å². The van der Waals surface area contributed by atoms with Gasteiger partial charge in [0.25, 0.3) is 0 Å². The van der Waals surface area contributed by atoms with Gasteiger partial charge >= 0.3 is 0 Å². The first-order chi connectivity index (χ1) is 7.29. The van der Waals surface area contributed by atoms with Crippen molar-refractivity contribution in [1.82, 2.24) is 5.48 Å². The topological polar surface area (TPSA) is 50.7 Å². The summed E-state index contributed by atoms with van der Waals surface area (Å²) >= 11 is 4.84. The molecular weight excluding hydrogens is 214 g/mol. The molecule has 0 aromatic heterocycles. The van der Waals surface area contributed by atoms with Crippen molar-refractivity contribution in [1.29, 1.82) is 0 Å². The fourth-order valence-electron chi connectivity index (χ4n) is 1.41. The van der Waals surface area contributed by atoms with E-state index in [2.05, 4.69) is 0 Å². The minimum absolute atomic E-state index is 0.287. The third-order valence-electron chi connectivity index (χ3n) is 2.20. The van der Waals surface area contributed by atoms with Crippen LogP contribution in [0.2, 0.25) is 0 Å². The van der Waals surface area contributed by atoms with Gasteiger partial charge in [0, 0.05) is 6.42 Å². The zero-order valence-corrected chi connectivity index (χ0v) is 8.84. The van der Waals surface area contributed by atoms with E-state index in [1.807, 2.05) is 23.7 Å². The largest absolute Gasteiger partial charge is 0.454 e. The lowest BCUT2D eigenvalue weighted by Gasteiger charge is -2.03. The van der Waals surface area contributed by atoms with Gasteiger partial charge in [-0.05, 0) is 24.1 Å². The molecule has 2 rings (SSSR count). The Balaban J connectivity index is 2.01. The van der Waals surface area contributed by atoms with Crippen LogP contribution in [0.4, 0.5) is 0 Å². The smallest absolute Gasteiger partial charge is 0.231 e. The molecule has 0 saturated heterocycles. The second-order valence-electron chi connectivity index (χ2n) is 3.22. The molecule has 1 aromatic carbocycles. The summed E-state index contributed by atoms with van der Waals surface area (Å²) in [6, 6.07) is 5.78. The summed E-state index contributed by atoms with van der Waals surface area (Å²) in [5.74, 6) is 1.55. The molecule has 0 atom stereocenters. The molecule has 80 valence electrons. The molecule has 2 N–H and O–H groups in total. The first kappa shape index (κ1) is 10.2. The zero-order valence-electron chi connectivity index (χ0n) is 8.03. The van der Waals surface area contributed by atoms with Crippen molar-refractivity contribution < 1.29 is 14.7 Å².